The molecule has 0 spiro atoms. The van der Waals surface area contributed by atoms with Crippen LogP contribution in [0.1, 0.15) is 162 Å². The van der Waals surface area contributed by atoms with Crippen LogP contribution in [-0.2, 0) is 9.53 Å². The number of hydrogen-bond acceptors (Lipinski definition) is 2. The number of esters is 1. The number of unbranched alkanes of at least 4 members (excludes halogenated alkanes) is 22. The number of carbonyl (C=O) groups is 1. The number of rotatable bonds is 24. The van der Waals surface area contributed by atoms with Crippen molar-refractivity contribution in [2.24, 2.45) is 0 Å². The summed E-state index contributed by atoms with van der Waals surface area (Å²) < 4.78 is 4.95. The zero-order chi connectivity index (χ0) is 21.3. The molecule has 0 radical (unpaired) electrons. The number of ether oxygens (including phenoxy) is 1. The highest BCUT2D eigenvalue weighted by Crippen LogP contribution is 2.15. The van der Waals surface area contributed by atoms with Crippen LogP contribution < -0.4 is 0 Å². The molecule has 0 saturated carbocycles. The Bertz CT molecular complexity index is 314. The molecule has 0 atom stereocenters. The van der Waals surface area contributed by atoms with Crippen LogP contribution in [0.5, 0.6) is 0 Å². The van der Waals surface area contributed by atoms with Crippen molar-refractivity contribution >= 4 is 5.97 Å². The smallest absolute Gasteiger partial charge is 0.302 e. The van der Waals surface area contributed by atoms with E-state index in [1.165, 1.54) is 148 Å². The second kappa shape index (κ2) is 25.5. The first-order valence-corrected chi connectivity index (χ1v) is 13.4. The van der Waals surface area contributed by atoms with E-state index in [2.05, 4.69) is 6.92 Å². The Hall–Kier alpha value is -0.530. The largest absolute Gasteiger partial charge is 0.466 e. The molecule has 0 aliphatic carbocycles. The van der Waals surface area contributed by atoms with Gasteiger partial charge in [0.1, 0.15) is 0 Å². The highest BCUT2D eigenvalue weighted by molar-refractivity contribution is 5.65. The Kier molecular flexibility index (Phi) is 25.0. The molecule has 0 aliphatic rings. The van der Waals surface area contributed by atoms with E-state index in [1.807, 2.05) is 0 Å². The summed E-state index contributed by atoms with van der Waals surface area (Å²) in [6.07, 6.45) is 32.3. The maximum Gasteiger partial charge on any atom is 0.302 e. The fourth-order valence-electron chi connectivity index (χ4n) is 4.10. The molecule has 0 aromatic heterocycles. The minimum Gasteiger partial charge on any atom is -0.466 e. The third-order valence-corrected chi connectivity index (χ3v) is 6.05. The molecule has 0 fully saturated rings. The third-order valence-electron chi connectivity index (χ3n) is 6.05. The highest BCUT2D eigenvalue weighted by Gasteiger charge is 1.96. The van der Waals surface area contributed by atoms with Gasteiger partial charge >= 0.3 is 5.97 Å². The normalized spacial score (nSPS) is 11.1. The first-order valence-electron chi connectivity index (χ1n) is 13.4. The van der Waals surface area contributed by atoms with Crippen LogP contribution >= 0.6 is 0 Å². The van der Waals surface area contributed by atoms with Crippen LogP contribution in [-0.4, -0.2) is 12.6 Å². The first kappa shape index (κ1) is 28.5. The van der Waals surface area contributed by atoms with Crippen molar-refractivity contribution in [3.8, 4) is 0 Å². The Labute approximate surface area is 184 Å². The van der Waals surface area contributed by atoms with E-state index in [0.29, 0.717) is 6.61 Å². The van der Waals surface area contributed by atoms with E-state index in [0.717, 1.165) is 6.42 Å². The van der Waals surface area contributed by atoms with Crippen LogP contribution in [0.25, 0.3) is 0 Å². The molecule has 0 amide bonds. The van der Waals surface area contributed by atoms with E-state index in [9.17, 15) is 4.79 Å². The minimum atomic E-state index is -0.149. The summed E-state index contributed by atoms with van der Waals surface area (Å²) in [6.45, 7) is 4.39. The first-order chi connectivity index (χ1) is 14.3. The zero-order valence-corrected chi connectivity index (χ0v) is 20.3. The lowest BCUT2D eigenvalue weighted by atomic mass is 10.0. The van der Waals surface area contributed by atoms with Gasteiger partial charge in [0.05, 0.1) is 6.61 Å². The van der Waals surface area contributed by atoms with Gasteiger partial charge in [0, 0.05) is 6.92 Å². The predicted molar refractivity (Wildman–Crippen MR) is 128 cm³/mol. The van der Waals surface area contributed by atoms with Gasteiger partial charge in [-0.15, -0.1) is 0 Å². The molecule has 0 N–H and O–H groups in total. The summed E-state index contributed by atoms with van der Waals surface area (Å²) in [4.78, 5) is 10.6. The van der Waals surface area contributed by atoms with Gasteiger partial charge in [-0.1, -0.05) is 148 Å². The van der Waals surface area contributed by atoms with Crippen LogP contribution in [0.3, 0.4) is 0 Å². The SMILES string of the molecule is CCCCCCCCCCCCCCCCCCCCCCCCCOC(C)=O. The lowest BCUT2D eigenvalue weighted by Crippen LogP contribution is -2.00. The molecule has 0 unspecified atom stereocenters. The third kappa shape index (κ3) is 27.5. The summed E-state index contributed by atoms with van der Waals surface area (Å²) in [5.41, 5.74) is 0. The van der Waals surface area contributed by atoms with Crippen molar-refractivity contribution < 1.29 is 9.53 Å². The maximum absolute atomic E-state index is 10.6. The van der Waals surface area contributed by atoms with E-state index >= 15 is 0 Å². The fraction of sp³-hybridized carbons (Fsp3) is 0.963. The van der Waals surface area contributed by atoms with E-state index in [1.54, 1.807) is 0 Å². The molecular weight excluding hydrogens is 356 g/mol. The Balaban J connectivity index is 2.99. The van der Waals surface area contributed by atoms with Gasteiger partial charge in [-0.3, -0.25) is 4.79 Å². The average Bonchev–Trinajstić information content (AvgIpc) is 2.71. The van der Waals surface area contributed by atoms with Gasteiger partial charge in [0.25, 0.3) is 0 Å². The maximum atomic E-state index is 10.6. The molecule has 2 nitrogen and oxygen atoms in total. The highest BCUT2D eigenvalue weighted by atomic mass is 16.5. The Morgan fingerprint density at radius 2 is 0.690 bits per heavy atom. The Morgan fingerprint density at radius 3 is 0.931 bits per heavy atom. The fourth-order valence-corrected chi connectivity index (χ4v) is 4.10. The molecule has 0 heterocycles. The van der Waals surface area contributed by atoms with Gasteiger partial charge in [-0.05, 0) is 6.42 Å². The van der Waals surface area contributed by atoms with E-state index in [4.69, 9.17) is 4.74 Å². The van der Waals surface area contributed by atoms with Crippen molar-refractivity contribution in [1.29, 1.82) is 0 Å². The molecule has 0 aromatic carbocycles. The summed E-state index contributed by atoms with van der Waals surface area (Å²) in [5.74, 6) is -0.149. The molecular formula is C27H54O2. The molecule has 0 saturated heterocycles. The lowest BCUT2D eigenvalue weighted by Gasteiger charge is -2.04. The van der Waals surface area contributed by atoms with Gasteiger partial charge in [-0.25, -0.2) is 0 Å². The van der Waals surface area contributed by atoms with Crippen LogP contribution in [0, 0.1) is 0 Å². The quantitative estimate of drug-likeness (QED) is 0.117. The molecule has 0 bridgehead atoms. The van der Waals surface area contributed by atoms with E-state index < -0.39 is 0 Å². The van der Waals surface area contributed by atoms with Gasteiger partial charge in [0.2, 0.25) is 0 Å². The van der Waals surface area contributed by atoms with Crippen molar-refractivity contribution in [2.45, 2.75) is 162 Å². The van der Waals surface area contributed by atoms with Crippen molar-refractivity contribution in [3.05, 3.63) is 0 Å². The molecule has 0 aromatic rings. The summed E-state index contributed by atoms with van der Waals surface area (Å²) >= 11 is 0. The molecule has 2 heteroatoms. The topological polar surface area (TPSA) is 26.3 Å². The van der Waals surface area contributed by atoms with Crippen molar-refractivity contribution in [1.82, 2.24) is 0 Å². The second-order valence-corrected chi connectivity index (χ2v) is 9.12. The average molecular weight is 411 g/mol. The zero-order valence-electron chi connectivity index (χ0n) is 20.3. The standard InChI is InChI=1S/C27H54O2/c1-3-4-5-6-7-8-9-10-11-12-13-14-15-16-17-18-19-20-21-22-23-24-25-26-29-27(2)28/h3-26H2,1-2H3. The minimum absolute atomic E-state index is 0.149. The van der Waals surface area contributed by atoms with Gasteiger partial charge < -0.3 is 4.74 Å². The monoisotopic (exact) mass is 410 g/mol. The van der Waals surface area contributed by atoms with Crippen molar-refractivity contribution in [3.63, 3.8) is 0 Å². The molecule has 0 rings (SSSR count). The van der Waals surface area contributed by atoms with Gasteiger partial charge in [0.15, 0.2) is 0 Å². The predicted octanol–water partition coefficient (Wildman–Crippen LogP) is 9.54. The molecule has 174 valence electrons. The van der Waals surface area contributed by atoms with Crippen LogP contribution in [0.4, 0.5) is 0 Å². The van der Waals surface area contributed by atoms with Gasteiger partial charge in [-0.2, -0.15) is 0 Å². The van der Waals surface area contributed by atoms with E-state index in [-0.39, 0.29) is 5.97 Å². The summed E-state index contributed by atoms with van der Waals surface area (Å²) in [7, 11) is 0. The summed E-state index contributed by atoms with van der Waals surface area (Å²) in [5, 5.41) is 0. The van der Waals surface area contributed by atoms with Crippen molar-refractivity contribution in [2.75, 3.05) is 6.61 Å². The summed E-state index contributed by atoms with van der Waals surface area (Å²) in [6, 6.07) is 0. The molecule has 0 aliphatic heterocycles. The Morgan fingerprint density at radius 1 is 0.448 bits per heavy atom. The number of hydrogen-bond donors (Lipinski definition) is 0. The van der Waals surface area contributed by atoms with Crippen LogP contribution in [0.15, 0.2) is 0 Å². The molecule has 29 heavy (non-hydrogen) atoms. The second-order valence-electron chi connectivity index (χ2n) is 9.12. The number of carbonyl (C=O) groups excluding carboxylic acids is 1. The lowest BCUT2D eigenvalue weighted by molar-refractivity contribution is -0.141. The van der Waals surface area contributed by atoms with Crippen LogP contribution in [0.2, 0.25) is 0 Å².